The summed E-state index contributed by atoms with van der Waals surface area (Å²) in [5, 5.41) is 19.1. The number of nitrogens with one attached hydrogen (secondary N) is 2. The van der Waals surface area contributed by atoms with Crippen LogP contribution in [0.3, 0.4) is 0 Å². The molecule has 1 heterocycles. The van der Waals surface area contributed by atoms with Crippen LogP contribution in [-0.2, 0) is 6.54 Å². The summed E-state index contributed by atoms with van der Waals surface area (Å²) < 4.78 is 0. The minimum atomic E-state index is 0. The Kier molecular flexibility index (Phi) is 13.6. The molecular formula is C17H33IN4OS. The highest BCUT2D eigenvalue weighted by Gasteiger charge is 2.09. The van der Waals surface area contributed by atoms with Crippen molar-refractivity contribution in [2.24, 2.45) is 10.9 Å². The Hall–Kier alpha value is -0.410. The maximum absolute atomic E-state index is 9.15. The number of nitrogens with zero attached hydrogens (tertiary/aromatic N) is 2. The standard InChI is InChI=1S/C17H32N4OS.HI/c1-5-7-14(8-9-22)10-19-17(18-6-2)20-11-15-12-23-16(21-15)13(3)4;/h12-14,22H,5-11H2,1-4H3,(H2,18,19,20);1H. The van der Waals surface area contributed by atoms with Gasteiger partial charge in [0.05, 0.1) is 17.2 Å². The van der Waals surface area contributed by atoms with Gasteiger partial charge in [-0.2, -0.15) is 0 Å². The van der Waals surface area contributed by atoms with Crippen LogP contribution in [0.2, 0.25) is 0 Å². The summed E-state index contributed by atoms with van der Waals surface area (Å²) in [7, 11) is 0. The highest BCUT2D eigenvalue weighted by atomic mass is 127. The lowest BCUT2D eigenvalue weighted by molar-refractivity contribution is 0.251. The first-order valence-electron chi connectivity index (χ1n) is 8.67. The number of thiazole rings is 1. The van der Waals surface area contributed by atoms with Gasteiger partial charge < -0.3 is 15.7 Å². The third-order valence-electron chi connectivity index (χ3n) is 3.60. The quantitative estimate of drug-likeness (QED) is 0.278. The van der Waals surface area contributed by atoms with E-state index in [2.05, 4.69) is 53.7 Å². The Bertz CT molecular complexity index is 459. The van der Waals surface area contributed by atoms with Gasteiger partial charge in [-0.25, -0.2) is 9.98 Å². The molecule has 1 rings (SSSR count). The molecule has 0 saturated heterocycles. The number of aliphatic imine (C=N–C) groups is 1. The molecule has 1 atom stereocenters. The van der Waals surface area contributed by atoms with Crippen molar-refractivity contribution in [1.82, 2.24) is 15.6 Å². The molecule has 0 amide bonds. The van der Waals surface area contributed by atoms with E-state index in [1.54, 1.807) is 11.3 Å². The predicted molar refractivity (Wildman–Crippen MR) is 115 cm³/mol. The molecule has 1 unspecified atom stereocenters. The minimum Gasteiger partial charge on any atom is -0.396 e. The lowest BCUT2D eigenvalue weighted by Crippen LogP contribution is -2.40. The van der Waals surface area contributed by atoms with Gasteiger partial charge in [-0.1, -0.05) is 27.2 Å². The second-order valence-corrected chi connectivity index (χ2v) is 6.96. The fourth-order valence-corrected chi connectivity index (χ4v) is 3.17. The zero-order valence-corrected chi connectivity index (χ0v) is 18.5. The zero-order valence-electron chi connectivity index (χ0n) is 15.3. The molecule has 0 radical (unpaired) electrons. The van der Waals surface area contributed by atoms with Crippen LogP contribution >= 0.6 is 35.3 Å². The molecule has 3 N–H and O–H groups in total. The molecule has 0 aromatic carbocycles. The van der Waals surface area contributed by atoms with Crippen LogP contribution in [-0.4, -0.2) is 35.7 Å². The Morgan fingerprint density at radius 2 is 2.04 bits per heavy atom. The van der Waals surface area contributed by atoms with Gasteiger partial charge in [0.15, 0.2) is 5.96 Å². The van der Waals surface area contributed by atoms with Crippen LogP contribution in [0.1, 0.15) is 63.6 Å². The molecule has 0 bridgehead atoms. The molecule has 0 fully saturated rings. The summed E-state index contributed by atoms with van der Waals surface area (Å²) in [6.45, 7) is 11.1. The number of rotatable bonds is 10. The maximum Gasteiger partial charge on any atom is 0.191 e. The van der Waals surface area contributed by atoms with Crippen molar-refractivity contribution in [2.75, 3.05) is 19.7 Å². The summed E-state index contributed by atoms with van der Waals surface area (Å²) in [6, 6.07) is 0. The molecule has 0 aliphatic heterocycles. The van der Waals surface area contributed by atoms with Gasteiger partial charge in [0, 0.05) is 31.0 Å². The van der Waals surface area contributed by atoms with E-state index in [9.17, 15) is 0 Å². The average molecular weight is 468 g/mol. The van der Waals surface area contributed by atoms with Gasteiger partial charge in [-0.3, -0.25) is 0 Å². The molecule has 5 nitrogen and oxygen atoms in total. The van der Waals surface area contributed by atoms with E-state index in [-0.39, 0.29) is 30.6 Å². The maximum atomic E-state index is 9.15. The highest BCUT2D eigenvalue weighted by molar-refractivity contribution is 14.0. The number of hydrogen-bond donors (Lipinski definition) is 3. The van der Waals surface area contributed by atoms with E-state index in [4.69, 9.17) is 5.11 Å². The van der Waals surface area contributed by atoms with Crippen molar-refractivity contribution in [2.45, 2.75) is 59.4 Å². The SMILES string of the molecule is CCCC(CCO)CNC(=NCc1csc(C(C)C)n1)NCC.I. The number of hydrogen-bond acceptors (Lipinski definition) is 4. The molecule has 7 heteroatoms. The topological polar surface area (TPSA) is 69.5 Å². The predicted octanol–water partition coefficient (Wildman–Crippen LogP) is 3.74. The summed E-state index contributed by atoms with van der Waals surface area (Å²) in [4.78, 5) is 9.24. The summed E-state index contributed by atoms with van der Waals surface area (Å²) in [5.41, 5.74) is 1.02. The van der Waals surface area contributed by atoms with E-state index in [1.807, 2.05) is 0 Å². The van der Waals surface area contributed by atoms with E-state index in [1.165, 1.54) is 5.01 Å². The van der Waals surface area contributed by atoms with Crippen molar-refractivity contribution < 1.29 is 5.11 Å². The third-order valence-corrected chi connectivity index (χ3v) is 4.79. The van der Waals surface area contributed by atoms with E-state index >= 15 is 0 Å². The largest absolute Gasteiger partial charge is 0.396 e. The first kappa shape index (κ1) is 23.6. The second-order valence-electron chi connectivity index (χ2n) is 6.07. The van der Waals surface area contributed by atoms with Gasteiger partial charge in [0.25, 0.3) is 0 Å². The Morgan fingerprint density at radius 3 is 2.58 bits per heavy atom. The Labute approximate surface area is 167 Å². The van der Waals surface area contributed by atoms with Gasteiger partial charge in [-0.15, -0.1) is 35.3 Å². The van der Waals surface area contributed by atoms with Crippen LogP contribution < -0.4 is 10.6 Å². The van der Waals surface area contributed by atoms with Crippen molar-refractivity contribution >= 4 is 41.3 Å². The van der Waals surface area contributed by atoms with Gasteiger partial charge in [0.2, 0.25) is 0 Å². The van der Waals surface area contributed by atoms with Crippen LogP contribution in [0.25, 0.3) is 0 Å². The van der Waals surface area contributed by atoms with Crippen molar-refractivity contribution in [3.05, 3.63) is 16.1 Å². The molecule has 0 saturated carbocycles. The lowest BCUT2D eigenvalue weighted by atomic mass is 10.0. The third kappa shape index (κ3) is 9.17. The number of aliphatic hydroxyl groups is 1. The van der Waals surface area contributed by atoms with Crippen LogP contribution in [0.4, 0.5) is 0 Å². The number of guanidine groups is 1. The molecule has 140 valence electrons. The van der Waals surface area contributed by atoms with Gasteiger partial charge in [-0.05, 0) is 25.7 Å². The van der Waals surface area contributed by atoms with Crippen LogP contribution in [0.15, 0.2) is 10.4 Å². The summed E-state index contributed by atoms with van der Waals surface area (Å²) in [6.07, 6.45) is 3.09. The molecular weight excluding hydrogens is 435 g/mol. The molecule has 0 spiro atoms. The number of aliphatic hydroxyl groups excluding tert-OH is 1. The Morgan fingerprint density at radius 1 is 1.29 bits per heavy atom. The summed E-state index contributed by atoms with van der Waals surface area (Å²) >= 11 is 1.71. The van der Waals surface area contributed by atoms with Crippen molar-refractivity contribution in [3.8, 4) is 0 Å². The first-order chi connectivity index (χ1) is 11.1. The minimum absolute atomic E-state index is 0. The van der Waals surface area contributed by atoms with Crippen LogP contribution in [0.5, 0.6) is 0 Å². The van der Waals surface area contributed by atoms with Gasteiger partial charge >= 0.3 is 0 Å². The fraction of sp³-hybridized carbons (Fsp3) is 0.765. The second kappa shape index (κ2) is 13.8. The van der Waals surface area contributed by atoms with Gasteiger partial charge in [0.1, 0.15) is 0 Å². The normalized spacial score (nSPS) is 12.8. The monoisotopic (exact) mass is 468 g/mol. The lowest BCUT2D eigenvalue weighted by Gasteiger charge is -2.18. The molecule has 1 aromatic rings. The smallest absolute Gasteiger partial charge is 0.191 e. The van der Waals surface area contributed by atoms with E-state index in [0.717, 1.165) is 44.0 Å². The zero-order chi connectivity index (χ0) is 17.1. The van der Waals surface area contributed by atoms with Crippen LogP contribution in [0, 0.1) is 5.92 Å². The number of aromatic nitrogens is 1. The molecule has 24 heavy (non-hydrogen) atoms. The van der Waals surface area contributed by atoms with Crippen molar-refractivity contribution in [3.63, 3.8) is 0 Å². The number of halogens is 1. The molecule has 1 aromatic heterocycles. The Balaban J connectivity index is 0.00000529. The summed E-state index contributed by atoms with van der Waals surface area (Å²) in [5.74, 6) is 1.78. The average Bonchev–Trinajstić information content (AvgIpc) is 2.99. The first-order valence-corrected chi connectivity index (χ1v) is 9.55. The fourth-order valence-electron chi connectivity index (χ4n) is 2.34. The highest BCUT2D eigenvalue weighted by Crippen LogP contribution is 2.19. The van der Waals surface area contributed by atoms with E-state index < -0.39 is 0 Å². The molecule has 0 aliphatic carbocycles. The molecule has 0 aliphatic rings. The van der Waals surface area contributed by atoms with Crippen molar-refractivity contribution in [1.29, 1.82) is 0 Å². The van der Waals surface area contributed by atoms with E-state index in [0.29, 0.717) is 18.4 Å².